The fourth-order valence-corrected chi connectivity index (χ4v) is 2.19. The summed E-state index contributed by atoms with van der Waals surface area (Å²) < 4.78 is 5.64. The van der Waals surface area contributed by atoms with Gasteiger partial charge in [0.2, 0.25) is 0 Å². The Hall–Kier alpha value is -0.590. The van der Waals surface area contributed by atoms with Crippen LogP contribution in [0.15, 0.2) is 0 Å². The molecule has 0 bridgehead atoms. The monoisotopic (exact) mass is 238 g/mol. The minimum atomic E-state index is -0.198. The van der Waals surface area contributed by atoms with Crippen LogP contribution in [0.3, 0.4) is 0 Å². The van der Waals surface area contributed by atoms with Crippen molar-refractivity contribution < 1.29 is 4.74 Å². The molecule has 3 heteroatoms. The van der Waals surface area contributed by atoms with E-state index in [0.717, 1.165) is 38.5 Å². The number of rotatable bonds is 7. The Morgan fingerprint density at radius 3 is 2.88 bits per heavy atom. The SMILES string of the molecule is CC(C)(C#N)CCCOCCC1CCCNC1. The molecule has 98 valence electrons. The first-order valence-electron chi connectivity index (χ1n) is 6.84. The quantitative estimate of drug-likeness (QED) is 0.694. The molecule has 0 amide bonds. The minimum absolute atomic E-state index is 0.198. The third-order valence-corrected chi connectivity index (χ3v) is 3.46. The number of hydrogen-bond acceptors (Lipinski definition) is 3. The van der Waals surface area contributed by atoms with Crippen molar-refractivity contribution in [1.82, 2.24) is 5.32 Å². The van der Waals surface area contributed by atoms with E-state index in [0.29, 0.717) is 0 Å². The lowest BCUT2D eigenvalue weighted by molar-refractivity contribution is 0.108. The van der Waals surface area contributed by atoms with Crippen LogP contribution in [0.1, 0.15) is 46.0 Å². The lowest BCUT2D eigenvalue weighted by atomic mass is 9.90. The summed E-state index contributed by atoms with van der Waals surface area (Å²) in [4.78, 5) is 0. The van der Waals surface area contributed by atoms with Crippen molar-refractivity contribution in [3.8, 4) is 6.07 Å². The number of nitrogens with one attached hydrogen (secondary N) is 1. The van der Waals surface area contributed by atoms with Crippen LogP contribution in [0.4, 0.5) is 0 Å². The molecular formula is C14H26N2O. The second-order valence-electron chi connectivity index (χ2n) is 5.71. The van der Waals surface area contributed by atoms with Crippen molar-refractivity contribution >= 4 is 0 Å². The second kappa shape index (κ2) is 7.68. The highest BCUT2D eigenvalue weighted by Crippen LogP contribution is 2.20. The van der Waals surface area contributed by atoms with E-state index < -0.39 is 0 Å². The molecule has 1 unspecified atom stereocenters. The predicted octanol–water partition coefficient (Wildman–Crippen LogP) is 2.72. The molecule has 1 saturated heterocycles. The normalized spacial score (nSPS) is 21.1. The summed E-state index contributed by atoms with van der Waals surface area (Å²) >= 11 is 0. The van der Waals surface area contributed by atoms with Gasteiger partial charge in [-0.3, -0.25) is 0 Å². The van der Waals surface area contributed by atoms with Gasteiger partial charge in [0.05, 0.1) is 11.5 Å². The van der Waals surface area contributed by atoms with Gasteiger partial charge < -0.3 is 10.1 Å². The fourth-order valence-electron chi connectivity index (χ4n) is 2.19. The number of piperidine rings is 1. The Morgan fingerprint density at radius 2 is 2.24 bits per heavy atom. The molecule has 0 aromatic carbocycles. The molecule has 1 rings (SSSR count). The Balaban J connectivity index is 1.92. The Morgan fingerprint density at radius 1 is 1.41 bits per heavy atom. The third-order valence-electron chi connectivity index (χ3n) is 3.46. The highest BCUT2D eigenvalue weighted by atomic mass is 16.5. The molecule has 0 saturated carbocycles. The van der Waals surface area contributed by atoms with Crippen molar-refractivity contribution in [2.45, 2.75) is 46.0 Å². The Kier molecular flexibility index (Phi) is 6.54. The topological polar surface area (TPSA) is 45.0 Å². The van der Waals surface area contributed by atoms with E-state index >= 15 is 0 Å². The highest BCUT2D eigenvalue weighted by molar-refractivity contribution is 4.91. The van der Waals surface area contributed by atoms with Crippen LogP contribution in [0, 0.1) is 22.7 Å². The average Bonchev–Trinajstić information content (AvgIpc) is 2.35. The van der Waals surface area contributed by atoms with Crippen molar-refractivity contribution in [2.75, 3.05) is 26.3 Å². The smallest absolute Gasteiger partial charge is 0.0683 e. The molecule has 0 aliphatic carbocycles. The summed E-state index contributed by atoms with van der Waals surface area (Å²) in [5.74, 6) is 0.805. The van der Waals surface area contributed by atoms with E-state index in [1.807, 2.05) is 13.8 Å². The largest absolute Gasteiger partial charge is 0.381 e. The van der Waals surface area contributed by atoms with E-state index in [1.165, 1.54) is 25.8 Å². The first-order chi connectivity index (χ1) is 8.14. The van der Waals surface area contributed by atoms with E-state index in [9.17, 15) is 0 Å². The van der Waals surface area contributed by atoms with Gasteiger partial charge in [-0.1, -0.05) is 0 Å². The molecule has 0 aromatic rings. The van der Waals surface area contributed by atoms with Crippen LogP contribution in [0.25, 0.3) is 0 Å². The summed E-state index contributed by atoms with van der Waals surface area (Å²) in [6.45, 7) is 7.98. The van der Waals surface area contributed by atoms with Gasteiger partial charge in [0.25, 0.3) is 0 Å². The van der Waals surface area contributed by atoms with Crippen LogP contribution in [-0.4, -0.2) is 26.3 Å². The zero-order chi connectivity index (χ0) is 12.6. The minimum Gasteiger partial charge on any atom is -0.381 e. The van der Waals surface area contributed by atoms with Crippen LogP contribution in [-0.2, 0) is 4.74 Å². The van der Waals surface area contributed by atoms with Crippen molar-refractivity contribution in [3.63, 3.8) is 0 Å². The van der Waals surface area contributed by atoms with Crippen LogP contribution < -0.4 is 5.32 Å². The van der Waals surface area contributed by atoms with E-state index in [1.54, 1.807) is 0 Å². The van der Waals surface area contributed by atoms with Gasteiger partial charge in [-0.2, -0.15) is 5.26 Å². The molecule has 17 heavy (non-hydrogen) atoms. The Bertz CT molecular complexity index is 239. The molecule has 0 aromatic heterocycles. The molecule has 0 radical (unpaired) electrons. The van der Waals surface area contributed by atoms with E-state index in [-0.39, 0.29) is 5.41 Å². The van der Waals surface area contributed by atoms with Crippen molar-refractivity contribution in [2.24, 2.45) is 11.3 Å². The van der Waals surface area contributed by atoms with E-state index in [2.05, 4.69) is 11.4 Å². The fraction of sp³-hybridized carbons (Fsp3) is 0.929. The number of nitrogens with zero attached hydrogens (tertiary/aromatic N) is 1. The summed E-state index contributed by atoms with van der Waals surface area (Å²) in [6, 6.07) is 2.32. The van der Waals surface area contributed by atoms with E-state index in [4.69, 9.17) is 10.00 Å². The van der Waals surface area contributed by atoms with Gasteiger partial charge >= 0.3 is 0 Å². The van der Waals surface area contributed by atoms with Gasteiger partial charge in [0, 0.05) is 13.2 Å². The van der Waals surface area contributed by atoms with Crippen LogP contribution in [0.2, 0.25) is 0 Å². The lowest BCUT2D eigenvalue weighted by Gasteiger charge is -2.22. The number of ether oxygens (including phenoxy) is 1. The van der Waals surface area contributed by atoms with Gasteiger partial charge in [0.1, 0.15) is 0 Å². The van der Waals surface area contributed by atoms with Gasteiger partial charge in [0.15, 0.2) is 0 Å². The molecule has 1 fully saturated rings. The highest BCUT2D eigenvalue weighted by Gasteiger charge is 2.16. The zero-order valence-corrected chi connectivity index (χ0v) is 11.3. The van der Waals surface area contributed by atoms with Crippen LogP contribution >= 0.6 is 0 Å². The standard InChI is InChI=1S/C14H26N2O/c1-14(2,12-15)7-4-9-17-10-6-13-5-3-8-16-11-13/h13,16H,3-11H2,1-2H3. The number of hydrogen-bond donors (Lipinski definition) is 1. The maximum atomic E-state index is 8.87. The first-order valence-corrected chi connectivity index (χ1v) is 6.84. The molecule has 1 aliphatic heterocycles. The molecule has 0 spiro atoms. The van der Waals surface area contributed by atoms with Crippen molar-refractivity contribution in [1.29, 1.82) is 5.26 Å². The predicted molar refractivity (Wildman–Crippen MR) is 69.7 cm³/mol. The lowest BCUT2D eigenvalue weighted by Crippen LogP contribution is -2.30. The molecule has 1 N–H and O–H groups in total. The molecule has 1 atom stereocenters. The van der Waals surface area contributed by atoms with Crippen molar-refractivity contribution in [3.05, 3.63) is 0 Å². The summed E-state index contributed by atoms with van der Waals surface area (Å²) in [7, 11) is 0. The summed E-state index contributed by atoms with van der Waals surface area (Å²) in [6.07, 6.45) is 5.74. The number of nitriles is 1. The first kappa shape index (κ1) is 14.5. The third kappa shape index (κ3) is 6.65. The molecular weight excluding hydrogens is 212 g/mol. The Labute approximate surface area is 106 Å². The van der Waals surface area contributed by atoms with Gasteiger partial charge in [-0.15, -0.1) is 0 Å². The maximum Gasteiger partial charge on any atom is 0.0683 e. The average molecular weight is 238 g/mol. The molecule has 3 nitrogen and oxygen atoms in total. The van der Waals surface area contributed by atoms with Crippen LogP contribution in [0.5, 0.6) is 0 Å². The summed E-state index contributed by atoms with van der Waals surface area (Å²) in [5.41, 5.74) is -0.198. The maximum absolute atomic E-state index is 8.87. The van der Waals surface area contributed by atoms with Gasteiger partial charge in [-0.25, -0.2) is 0 Å². The molecule has 1 heterocycles. The molecule has 1 aliphatic rings. The van der Waals surface area contributed by atoms with Gasteiger partial charge in [-0.05, 0) is 65.0 Å². The summed E-state index contributed by atoms with van der Waals surface area (Å²) in [5, 5.41) is 12.3. The second-order valence-corrected chi connectivity index (χ2v) is 5.71. The zero-order valence-electron chi connectivity index (χ0n) is 11.3.